The highest BCUT2D eigenvalue weighted by molar-refractivity contribution is 5.69. The molecule has 0 aliphatic carbocycles. The molecule has 0 radical (unpaired) electrons. The molecule has 1 N–H and O–H groups in total. The lowest BCUT2D eigenvalue weighted by atomic mass is 10.4. The number of nitrogens with zero attached hydrogens (tertiary/aromatic N) is 4. The number of hydrogen-bond acceptors (Lipinski definition) is 4. The van der Waals surface area contributed by atoms with Crippen LogP contribution in [0.2, 0.25) is 0 Å². The maximum Gasteiger partial charge on any atom is 0.311 e. The highest BCUT2D eigenvalue weighted by Gasteiger charge is 2.09. The Morgan fingerprint density at radius 3 is 3.00 bits per heavy atom. The number of carboxylic acid groups (broad SMARTS) is 1. The molecular weight excluding hydrogens is 184 g/mol. The van der Waals surface area contributed by atoms with Gasteiger partial charge < -0.3 is 5.11 Å². The molecule has 2 aromatic heterocycles. The molecule has 0 aromatic carbocycles. The summed E-state index contributed by atoms with van der Waals surface area (Å²) in [6.45, 7) is 1.82. The molecule has 0 spiro atoms. The molecule has 6 nitrogen and oxygen atoms in total. The van der Waals surface area contributed by atoms with E-state index >= 15 is 0 Å². The van der Waals surface area contributed by atoms with Gasteiger partial charge >= 0.3 is 5.97 Å². The fourth-order valence-electron chi connectivity index (χ4n) is 1.17. The van der Waals surface area contributed by atoms with Crippen LogP contribution in [0.3, 0.4) is 0 Å². The summed E-state index contributed by atoms with van der Waals surface area (Å²) < 4.78 is 1.45. The van der Waals surface area contributed by atoms with E-state index in [4.69, 9.17) is 5.11 Å². The van der Waals surface area contributed by atoms with Gasteiger partial charge in [0.1, 0.15) is 6.42 Å². The number of hydrogen-bond donors (Lipinski definition) is 1. The normalized spacial score (nSPS) is 10.6. The van der Waals surface area contributed by atoms with E-state index in [1.165, 1.54) is 4.52 Å². The van der Waals surface area contributed by atoms with Crippen LogP contribution in [0.15, 0.2) is 12.1 Å². The fourth-order valence-corrected chi connectivity index (χ4v) is 1.17. The summed E-state index contributed by atoms with van der Waals surface area (Å²) in [7, 11) is 0. The summed E-state index contributed by atoms with van der Waals surface area (Å²) in [6, 6.07) is 3.55. The highest BCUT2D eigenvalue weighted by atomic mass is 16.4. The van der Waals surface area contributed by atoms with E-state index in [1.54, 1.807) is 12.1 Å². The van der Waals surface area contributed by atoms with E-state index in [-0.39, 0.29) is 6.42 Å². The standard InChI is InChI=1S/C8H8N4O2/c1-5-2-3-6-9-10-7(4-8(13)14)12(6)11-5/h2-3H,4H2,1H3,(H,13,14). The van der Waals surface area contributed by atoms with Gasteiger partial charge in [-0.1, -0.05) is 0 Å². The zero-order chi connectivity index (χ0) is 10.1. The number of carboxylic acids is 1. The monoisotopic (exact) mass is 192 g/mol. The van der Waals surface area contributed by atoms with Crippen molar-refractivity contribution in [3.05, 3.63) is 23.7 Å². The van der Waals surface area contributed by atoms with Gasteiger partial charge in [-0.05, 0) is 19.1 Å². The van der Waals surface area contributed by atoms with Crippen molar-refractivity contribution in [1.29, 1.82) is 0 Å². The van der Waals surface area contributed by atoms with Crippen LogP contribution in [0.25, 0.3) is 5.65 Å². The maximum atomic E-state index is 10.5. The van der Waals surface area contributed by atoms with Crippen LogP contribution in [-0.4, -0.2) is 30.9 Å². The van der Waals surface area contributed by atoms with Gasteiger partial charge in [-0.25, -0.2) is 0 Å². The Kier molecular flexibility index (Phi) is 1.88. The van der Waals surface area contributed by atoms with Crippen LogP contribution < -0.4 is 0 Å². The van der Waals surface area contributed by atoms with Gasteiger partial charge in [0.2, 0.25) is 0 Å². The molecule has 2 heterocycles. The van der Waals surface area contributed by atoms with Gasteiger partial charge in [-0.15, -0.1) is 10.2 Å². The smallest absolute Gasteiger partial charge is 0.311 e. The Morgan fingerprint density at radius 1 is 1.50 bits per heavy atom. The van der Waals surface area contributed by atoms with Gasteiger partial charge in [0.15, 0.2) is 11.5 Å². The molecule has 0 amide bonds. The van der Waals surface area contributed by atoms with Crippen molar-refractivity contribution in [2.45, 2.75) is 13.3 Å². The number of aromatic nitrogens is 4. The number of aliphatic carboxylic acids is 1. The fraction of sp³-hybridized carbons (Fsp3) is 0.250. The second-order valence-electron chi connectivity index (χ2n) is 2.93. The third-order valence-electron chi connectivity index (χ3n) is 1.77. The zero-order valence-electron chi connectivity index (χ0n) is 7.51. The minimum atomic E-state index is -0.942. The summed E-state index contributed by atoms with van der Waals surface area (Å²) in [5, 5.41) is 20.3. The highest BCUT2D eigenvalue weighted by Crippen LogP contribution is 2.03. The minimum Gasteiger partial charge on any atom is -0.481 e. The third kappa shape index (κ3) is 1.41. The van der Waals surface area contributed by atoms with Crippen molar-refractivity contribution < 1.29 is 9.90 Å². The van der Waals surface area contributed by atoms with Crippen molar-refractivity contribution in [3.63, 3.8) is 0 Å². The molecule has 0 aliphatic heterocycles. The van der Waals surface area contributed by atoms with Crippen LogP contribution in [0, 0.1) is 6.92 Å². The van der Waals surface area contributed by atoms with Crippen molar-refractivity contribution in [2.75, 3.05) is 0 Å². The molecule has 0 saturated carbocycles. The first-order valence-corrected chi connectivity index (χ1v) is 4.06. The first-order chi connectivity index (χ1) is 6.66. The molecular formula is C8H8N4O2. The Hall–Kier alpha value is -1.98. The second-order valence-corrected chi connectivity index (χ2v) is 2.93. The summed E-state index contributed by atoms with van der Waals surface area (Å²) in [5.74, 6) is -0.598. The molecule has 0 saturated heterocycles. The van der Waals surface area contributed by atoms with E-state index in [2.05, 4.69) is 15.3 Å². The van der Waals surface area contributed by atoms with Gasteiger partial charge in [0.25, 0.3) is 0 Å². The first-order valence-electron chi connectivity index (χ1n) is 4.06. The van der Waals surface area contributed by atoms with Crippen LogP contribution >= 0.6 is 0 Å². The predicted molar refractivity (Wildman–Crippen MR) is 46.9 cm³/mol. The minimum absolute atomic E-state index is 0.169. The van der Waals surface area contributed by atoms with Crippen molar-refractivity contribution in [2.24, 2.45) is 0 Å². The van der Waals surface area contributed by atoms with Gasteiger partial charge in [-0.2, -0.15) is 9.61 Å². The van der Waals surface area contributed by atoms with Crippen LogP contribution in [0.5, 0.6) is 0 Å². The zero-order valence-corrected chi connectivity index (χ0v) is 7.51. The van der Waals surface area contributed by atoms with E-state index in [1.807, 2.05) is 6.92 Å². The van der Waals surface area contributed by atoms with Crippen molar-refractivity contribution in [3.8, 4) is 0 Å². The number of carbonyl (C=O) groups is 1. The largest absolute Gasteiger partial charge is 0.481 e. The average molecular weight is 192 g/mol. The molecule has 2 aromatic rings. The van der Waals surface area contributed by atoms with E-state index in [0.29, 0.717) is 11.5 Å². The Labute approximate surface area is 79.2 Å². The lowest BCUT2D eigenvalue weighted by Crippen LogP contribution is -2.06. The SMILES string of the molecule is Cc1ccc2nnc(CC(=O)O)n2n1. The molecule has 0 aliphatic rings. The molecule has 0 unspecified atom stereocenters. The van der Waals surface area contributed by atoms with Crippen LogP contribution in [-0.2, 0) is 11.2 Å². The molecule has 0 fully saturated rings. The lowest BCUT2D eigenvalue weighted by molar-refractivity contribution is -0.136. The molecule has 72 valence electrons. The molecule has 0 atom stereocenters. The van der Waals surface area contributed by atoms with E-state index in [9.17, 15) is 4.79 Å². The third-order valence-corrected chi connectivity index (χ3v) is 1.77. The molecule has 6 heteroatoms. The average Bonchev–Trinajstić information content (AvgIpc) is 2.47. The number of fused-ring (bicyclic) bond motifs is 1. The topological polar surface area (TPSA) is 80.4 Å². The van der Waals surface area contributed by atoms with E-state index < -0.39 is 5.97 Å². The summed E-state index contributed by atoms with van der Waals surface area (Å²) in [4.78, 5) is 10.5. The quantitative estimate of drug-likeness (QED) is 0.727. The molecule has 2 rings (SSSR count). The Balaban J connectivity index is 2.55. The predicted octanol–water partition coefficient (Wildman–Crippen LogP) is 0.0598. The lowest BCUT2D eigenvalue weighted by Gasteiger charge is -1.96. The molecule has 14 heavy (non-hydrogen) atoms. The van der Waals surface area contributed by atoms with Gasteiger partial charge in [0, 0.05) is 0 Å². The first kappa shape index (κ1) is 8.61. The van der Waals surface area contributed by atoms with Crippen LogP contribution in [0.4, 0.5) is 0 Å². The molecule has 0 bridgehead atoms. The number of aryl methyl sites for hydroxylation is 1. The summed E-state index contributed by atoms with van der Waals surface area (Å²) >= 11 is 0. The van der Waals surface area contributed by atoms with E-state index in [0.717, 1.165) is 5.69 Å². The number of rotatable bonds is 2. The van der Waals surface area contributed by atoms with Crippen molar-refractivity contribution in [1.82, 2.24) is 19.8 Å². The second kappa shape index (κ2) is 3.06. The van der Waals surface area contributed by atoms with Crippen molar-refractivity contribution >= 4 is 11.6 Å². The van der Waals surface area contributed by atoms with Gasteiger partial charge in [0.05, 0.1) is 5.69 Å². The Morgan fingerprint density at radius 2 is 2.29 bits per heavy atom. The van der Waals surface area contributed by atoms with Crippen LogP contribution in [0.1, 0.15) is 11.5 Å². The summed E-state index contributed by atoms with van der Waals surface area (Å²) in [6.07, 6.45) is -0.169. The summed E-state index contributed by atoms with van der Waals surface area (Å²) in [5.41, 5.74) is 1.36. The van der Waals surface area contributed by atoms with Gasteiger partial charge in [-0.3, -0.25) is 4.79 Å². The Bertz CT molecular complexity index is 491. The maximum absolute atomic E-state index is 10.5.